The molecule has 2 aliphatic heterocycles. The highest BCUT2D eigenvalue weighted by Crippen LogP contribution is 2.27. The van der Waals surface area contributed by atoms with Gasteiger partial charge in [-0.2, -0.15) is 0 Å². The van der Waals surface area contributed by atoms with Crippen LogP contribution >= 0.6 is 36.4 Å². The van der Waals surface area contributed by atoms with Crippen LogP contribution in [-0.2, 0) is 11.3 Å². The zero-order chi connectivity index (χ0) is 20.9. The summed E-state index contributed by atoms with van der Waals surface area (Å²) in [5, 5.41) is 0.761. The molecule has 0 aliphatic carbocycles. The van der Waals surface area contributed by atoms with Gasteiger partial charge < -0.3 is 4.90 Å². The minimum Gasteiger partial charge on any atom is -0.339 e. The number of hydrogen-bond acceptors (Lipinski definition) is 3. The molecule has 1 amide bonds. The molecule has 2 aliphatic rings. The predicted molar refractivity (Wildman–Crippen MR) is 138 cm³/mol. The highest BCUT2D eigenvalue weighted by Gasteiger charge is 2.32. The summed E-state index contributed by atoms with van der Waals surface area (Å²) in [6.07, 6.45) is 3.41. The molecule has 0 saturated carbocycles. The Morgan fingerprint density at radius 1 is 0.938 bits per heavy atom. The molecule has 2 aromatic rings. The monoisotopic (exact) mass is 497 g/mol. The number of carbonyl (C=O) groups excluding carboxylic acids is 1. The van der Waals surface area contributed by atoms with Crippen molar-refractivity contribution in [2.75, 3.05) is 39.3 Å². The maximum absolute atomic E-state index is 13.1. The molecule has 0 radical (unpaired) electrons. The van der Waals surface area contributed by atoms with Gasteiger partial charge in [-0.05, 0) is 54.8 Å². The summed E-state index contributed by atoms with van der Waals surface area (Å²) in [7, 11) is 0. The van der Waals surface area contributed by atoms with Crippen LogP contribution in [0, 0.1) is 0 Å². The van der Waals surface area contributed by atoms with E-state index < -0.39 is 0 Å². The Balaban J connectivity index is 0.00000181. The lowest BCUT2D eigenvalue weighted by Crippen LogP contribution is -2.55. The summed E-state index contributed by atoms with van der Waals surface area (Å²) in [6, 6.07) is 16.8. The highest BCUT2D eigenvalue weighted by molar-refractivity contribution is 6.30. The number of piperidine rings is 1. The van der Waals surface area contributed by atoms with Crippen molar-refractivity contribution in [3.8, 4) is 11.1 Å². The van der Waals surface area contributed by atoms with Crippen molar-refractivity contribution in [2.45, 2.75) is 38.8 Å². The molecule has 7 heteroatoms. The molecule has 0 spiro atoms. The molecule has 2 saturated heterocycles. The number of hydrogen-bond donors (Lipinski definition) is 0. The molecule has 4 rings (SSSR count). The van der Waals surface area contributed by atoms with E-state index in [4.69, 9.17) is 11.6 Å². The van der Waals surface area contributed by atoms with Crippen molar-refractivity contribution in [3.63, 3.8) is 0 Å². The molecule has 2 heterocycles. The number of rotatable bonds is 5. The summed E-state index contributed by atoms with van der Waals surface area (Å²) < 4.78 is 0. The first-order valence-electron chi connectivity index (χ1n) is 11.2. The number of halogens is 3. The molecule has 1 atom stereocenters. The van der Waals surface area contributed by atoms with Gasteiger partial charge in [0, 0.05) is 37.7 Å². The lowest BCUT2D eigenvalue weighted by molar-refractivity contribution is -0.140. The van der Waals surface area contributed by atoms with Crippen LogP contribution in [0.3, 0.4) is 0 Å². The van der Waals surface area contributed by atoms with Crippen molar-refractivity contribution in [1.82, 2.24) is 14.7 Å². The Labute approximate surface area is 209 Å². The third-order valence-corrected chi connectivity index (χ3v) is 6.81. The van der Waals surface area contributed by atoms with Crippen LogP contribution < -0.4 is 0 Å². The van der Waals surface area contributed by atoms with Crippen molar-refractivity contribution in [2.24, 2.45) is 0 Å². The van der Waals surface area contributed by atoms with Gasteiger partial charge in [0.1, 0.15) is 0 Å². The van der Waals surface area contributed by atoms with Gasteiger partial charge in [0.15, 0.2) is 0 Å². The quantitative estimate of drug-likeness (QED) is 0.554. The Morgan fingerprint density at radius 3 is 2.31 bits per heavy atom. The van der Waals surface area contributed by atoms with Crippen LogP contribution in [0.5, 0.6) is 0 Å². The fourth-order valence-corrected chi connectivity index (χ4v) is 4.92. The van der Waals surface area contributed by atoms with Gasteiger partial charge in [0.2, 0.25) is 5.91 Å². The normalized spacial score (nSPS) is 19.7. The van der Waals surface area contributed by atoms with Crippen LogP contribution in [0.1, 0.15) is 31.7 Å². The minimum atomic E-state index is 0. The number of carbonyl (C=O) groups is 1. The van der Waals surface area contributed by atoms with E-state index in [9.17, 15) is 4.79 Å². The van der Waals surface area contributed by atoms with Crippen LogP contribution in [0.25, 0.3) is 11.1 Å². The maximum atomic E-state index is 13.1. The molecule has 0 unspecified atom stereocenters. The molecule has 2 aromatic carbocycles. The molecular weight excluding hydrogens is 465 g/mol. The number of likely N-dealkylation sites (N-methyl/N-ethyl adjacent to an activating group) is 1. The van der Waals surface area contributed by atoms with E-state index in [1.54, 1.807) is 0 Å². The summed E-state index contributed by atoms with van der Waals surface area (Å²) in [6.45, 7) is 8.63. The van der Waals surface area contributed by atoms with Gasteiger partial charge in [-0.25, -0.2) is 0 Å². The Bertz CT molecular complexity index is 854. The lowest BCUT2D eigenvalue weighted by Gasteiger charge is -2.40. The van der Waals surface area contributed by atoms with Crippen molar-refractivity contribution >= 4 is 42.3 Å². The van der Waals surface area contributed by atoms with Gasteiger partial charge >= 0.3 is 0 Å². The number of nitrogens with zero attached hydrogens (tertiary/aromatic N) is 3. The second kappa shape index (κ2) is 12.8. The molecule has 0 aromatic heterocycles. The fourth-order valence-electron chi connectivity index (χ4n) is 4.80. The van der Waals surface area contributed by atoms with Crippen LogP contribution in [0.4, 0.5) is 0 Å². The molecule has 0 bridgehead atoms. The zero-order valence-electron chi connectivity index (χ0n) is 18.7. The molecular formula is C25H34Cl3N3O. The van der Waals surface area contributed by atoms with E-state index in [1.807, 2.05) is 12.1 Å². The van der Waals surface area contributed by atoms with Gasteiger partial charge in [0.25, 0.3) is 0 Å². The van der Waals surface area contributed by atoms with E-state index in [1.165, 1.54) is 29.5 Å². The van der Waals surface area contributed by atoms with Crippen molar-refractivity contribution in [1.29, 1.82) is 0 Å². The Hall–Kier alpha value is -1.30. The average Bonchev–Trinajstić information content (AvgIpc) is 2.80. The standard InChI is InChI=1S/C25H32ClN3O.2ClH/c1-2-28-14-6-5-9-24(28)25(30)29-17-15-27(16-18-29)19-21-7-3-4-8-23(21)20-10-12-22(26)13-11-20;;/h3-4,7-8,10-13,24H,2,5-6,9,14-19H2,1H3;2*1H/t24-;;/m0../s1. The van der Waals surface area contributed by atoms with Gasteiger partial charge in [-0.3, -0.25) is 14.6 Å². The lowest BCUT2D eigenvalue weighted by atomic mass is 9.99. The van der Waals surface area contributed by atoms with E-state index in [0.717, 1.165) is 57.3 Å². The first kappa shape index (κ1) is 26.9. The topological polar surface area (TPSA) is 26.8 Å². The zero-order valence-corrected chi connectivity index (χ0v) is 21.1. The molecule has 2 fully saturated rings. The fraction of sp³-hybridized carbons (Fsp3) is 0.480. The number of amides is 1. The summed E-state index contributed by atoms with van der Waals surface area (Å²) in [5.41, 5.74) is 3.78. The number of benzene rings is 2. The van der Waals surface area contributed by atoms with Gasteiger partial charge in [-0.1, -0.05) is 61.3 Å². The third kappa shape index (κ3) is 6.39. The summed E-state index contributed by atoms with van der Waals surface area (Å²) in [5.74, 6) is 0.345. The maximum Gasteiger partial charge on any atom is 0.240 e. The smallest absolute Gasteiger partial charge is 0.240 e. The van der Waals surface area contributed by atoms with E-state index in [0.29, 0.717) is 5.91 Å². The second-order valence-electron chi connectivity index (χ2n) is 8.41. The first-order chi connectivity index (χ1) is 14.7. The predicted octanol–water partition coefficient (Wildman–Crippen LogP) is 5.37. The van der Waals surface area contributed by atoms with Gasteiger partial charge in [0.05, 0.1) is 6.04 Å². The summed E-state index contributed by atoms with van der Waals surface area (Å²) in [4.78, 5) is 20.0. The summed E-state index contributed by atoms with van der Waals surface area (Å²) >= 11 is 6.06. The Kier molecular flexibility index (Phi) is 10.8. The van der Waals surface area contributed by atoms with Gasteiger partial charge in [-0.15, -0.1) is 24.8 Å². The third-order valence-electron chi connectivity index (χ3n) is 6.56. The van der Waals surface area contributed by atoms with Crippen molar-refractivity contribution in [3.05, 3.63) is 59.1 Å². The number of piperazine rings is 1. The molecule has 4 nitrogen and oxygen atoms in total. The molecule has 0 N–H and O–H groups in total. The van der Waals surface area contributed by atoms with E-state index >= 15 is 0 Å². The minimum absolute atomic E-state index is 0. The Morgan fingerprint density at radius 2 is 1.62 bits per heavy atom. The van der Waals surface area contributed by atoms with Crippen molar-refractivity contribution < 1.29 is 4.79 Å². The molecule has 176 valence electrons. The second-order valence-corrected chi connectivity index (χ2v) is 8.84. The highest BCUT2D eigenvalue weighted by atomic mass is 35.5. The molecule has 32 heavy (non-hydrogen) atoms. The SMILES string of the molecule is CCN1CCCC[C@H]1C(=O)N1CCN(Cc2ccccc2-c2ccc(Cl)cc2)CC1.Cl.Cl. The van der Waals surface area contributed by atoms with E-state index in [-0.39, 0.29) is 30.9 Å². The van der Waals surface area contributed by atoms with Crippen LogP contribution in [0.2, 0.25) is 5.02 Å². The number of likely N-dealkylation sites (tertiary alicyclic amines) is 1. The first-order valence-corrected chi connectivity index (χ1v) is 11.6. The largest absolute Gasteiger partial charge is 0.339 e. The average molecular weight is 499 g/mol. The van der Waals surface area contributed by atoms with E-state index in [2.05, 4.69) is 58.0 Å². The van der Waals surface area contributed by atoms with Crippen LogP contribution in [-0.4, -0.2) is 65.9 Å². The van der Waals surface area contributed by atoms with Crippen LogP contribution in [0.15, 0.2) is 48.5 Å².